The largest absolute Gasteiger partial charge is 0.508 e. The smallest absolute Gasteiger partial charge is 0.115 e. The lowest BCUT2D eigenvalue weighted by atomic mass is 9.98. The first-order valence-electron chi connectivity index (χ1n) is 6.09. The van der Waals surface area contributed by atoms with Gasteiger partial charge in [0.2, 0.25) is 0 Å². The van der Waals surface area contributed by atoms with Gasteiger partial charge in [-0.15, -0.1) is 0 Å². The summed E-state index contributed by atoms with van der Waals surface area (Å²) in [5.74, 6) is 0.250. The highest BCUT2D eigenvalue weighted by Gasteiger charge is 2.09. The lowest BCUT2D eigenvalue weighted by Crippen LogP contribution is -2.02. The van der Waals surface area contributed by atoms with E-state index >= 15 is 0 Å². The first-order chi connectivity index (χ1) is 8.54. The van der Waals surface area contributed by atoms with Crippen molar-refractivity contribution < 1.29 is 10.2 Å². The Balaban J connectivity index is 2.16. The molecule has 1 unspecified atom stereocenters. The van der Waals surface area contributed by atoms with Crippen molar-refractivity contribution >= 4 is 0 Å². The van der Waals surface area contributed by atoms with E-state index in [1.165, 1.54) is 0 Å². The van der Waals surface area contributed by atoms with Gasteiger partial charge < -0.3 is 10.2 Å². The fourth-order valence-electron chi connectivity index (χ4n) is 2.18. The number of aliphatic hydroxyl groups excluding tert-OH is 1. The van der Waals surface area contributed by atoms with Crippen LogP contribution in [-0.2, 0) is 6.42 Å². The lowest BCUT2D eigenvalue weighted by molar-refractivity contribution is 0.178. The summed E-state index contributed by atoms with van der Waals surface area (Å²) < 4.78 is 0. The molecule has 2 nitrogen and oxygen atoms in total. The van der Waals surface area contributed by atoms with E-state index in [0.717, 1.165) is 22.3 Å². The van der Waals surface area contributed by atoms with Crippen LogP contribution in [-0.4, -0.2) is 10.2 Å². The highest BCUT2D eigenvalue weighted by Crippen LogP contribution is 2.21. The van der Waals surface area contributed by atoms with Crippen LogP contribution in [0, 0.1) is 13.8 Å². The molecule has 0 bridgehead atoms. The van der Waals surface area contributed by atoms with Crippen molar-refractivity contribution in [3.63, 3.8) is 0 Å². The zero-order chi connectivity index (χ0) is 13.1. The molecule has 2 rings (SSSR count). The number of phenols is 1. The molecule has 94 valence electrons. The average Bonchev–Trinajstić information content (AvgIpc) is 2.31. The molecule has 0 saturated heterocycles. The zero-order valence-corrected chi connectivity index (χ0v) is 10.7. The van der Waals surface area contributed by atoms with E-state index in [1.54, 1.807) is 12.1 Å². The lowest BCUT2D eigenvalue weighted by Gasteiger charge is -2.13. The predicted molar refractivity (Wildman–Crippen MR) is 72.7 cm³/mol. The fourth-order valence-corrected chi connectivity index (χ4v) is 2.18. The molecule has 2 aromatic rings. The minimum absolute atomic E-state index is 0.250. The number of aryl methyl sites for hydroxylation is 2. The number of hydrogen-bond acceptors (Lipinski definition) is 2. The van der Waals surface area contributed by atoms with Crippen LogP contribution >= 0.6 is 0 Å². The zero-order valence-electron chi connectivity index (χ0n) is 10.7. The van der Waals surface area contributed by atoms with Crippen LogP contribution in [0.25, 0.3) is 0 Å². The van der Waals surface area contributed by atoms with Crippen molar-refractivity contribution in [2.75, 3.05) is 0 Å². The third-order valence-electron chi connectivity index (χ3n) is 2.99. The van der Waals surface area contributed by atoms with Crippen molar-refractivity contribution in [3.8, 4) is 5.75 Å². The molecule has 0 spiro atoms. The maximum absolute atomic E-state index is 10.2. The van der Waals surface area contributed by atoms with Crippen LogP contribution in [0.2, 0.25) is 0 Å². The summed E-state index contributed by atoms with van der Waals surface area (Å²) in [7, 11) is 0. The molecule has 0 heterocycles. The van der Waals surface area contributed by atoms with Gasteiger partial charge in [0.25, 0.3) is 0 Å². The van der Waals surface area contributed by atoms with Crippen LogP contribution in [0.5, 0.6) is 5.75 Å². The van der Waals surface area contributed by atoms with Crippen molar-refractivity contribution in [1.29, 1.82) is 0 Å². The first-order valence-corrected chi connectivity index (χ1v) is 6.09. The molecule has 18 heavy (non-hydrogen) atoms. The quantitative estimate of drug-likeness (QED) is 0.867. The number of hydrogen-bond donors (Lipinski definition) is 2. The van der Waals surface area contributed by atoms with E-state index in [4.69, 9.17) is 0 Å². The minimum atomic E-state index is -0.506. The average molecular weight is 242 g/mol. The van der Waals surface area contributed by atoms with Crippen LogP contribution in [0.1, 0.15) is 28.4 Å². The van der Waals surface area contributed by atoms with E-state index in [2.05, 4.69) is 6.07 Å². The maximum Gasteiger partial charge on any atom is 0.115 e. The Hall–Kier alpha value is -1.80. The van der Waals surface area contributed by atoms with Crippen molar-refractivity contribution in [2.45, 2.75) is 26.4 Å². The van der Waals surface area contributed by atoms with Crippen LogP contribution < -0.4 is 0 Å². The van der Waals surface area contributed by atoms with E-state index in [0.29, 0.717) is 6.42 Å². The second-order valence-electron chi connectivity index (χ2n) is 4.81. The van der Waals surface area contributed by atoms with Gasteiger partial charge in [-0.05, 0) is 37.1 Å². The van der Waals surface area contributed by atoms with Gasteiger partial charge in [0.1, 0.15) is 5.75 Å². The normalized spacial score (nSPS) is 12.4. The summed E-state index contributed by atoms with van der Waals surface area (Å²) in [6, 6.07) is 13.1. The molecular weight excluding hydrogens is 224 g/mol. The van der Waals surface area contributed by atoms with Crippen LogP contribution in [0.3, 0.4) is 0 Å². The van der Waals surface area contributed by atoms with Crippen molar-refractivity contribution in [2.24, 2.45) is 0 Å². The number of rotatable bonds is 3. The Kier molecular flexibility index (Phi) is 3.68. The van der Waals surface area contributed by atoms with Gasteiger partial charge in [-0.25, -0.2) is 0 Å². The second kappa shape index (κ2) is 5.23. The molecule has 0 saturated carbocycles. The van der Waals surface area contributed by atoms with Gasteiger partial charge in [-0.1, -0.05) is 41.5 Å². The summed E-state index contributed by atoms with van der Waals surface area (Å²) in [4.78, 5) is 0. The molecule has 0 radical (unpaired) electrons. The second-order valence-corrected chi connectivity index (χ2v) is 4.81. The molecule has 0 aliphatic rings. The maximum atomic E-state index is 10.2. The Bertz CT molecular complexity index is 509. The number of aliphatic hydroxyl groups is 1. The molecule has 1 atom stereocenters. The van der Waals surface area contributed by atoms with Crippen molar-refractivity contribution in [1.82, 2.24) is 0 Å². The standard InChI is InChI=1S/C16H18O2/c1-11-7-12(2)9-14(8-11)16(18)10-13-3-5-15(17)6-4-13/h3-9,16-18H,10H2,1-2H3. The molecule has 2 N–H and O–H groups in total. The third kappa shape index (κ3) is 3.11. The first kappa shape index (κ1) is 12.7. The number of aromatic hydroxyl groups is 1. The summed E-state index contributed by atoms with van der Waals surface area (Å²) in [6.45, 7) is 4.06. The summed E-state index contributed by atoms with van der Waals surface area (Å²) in [5, 5.41) is 19.4. The fraction of sp³-hybridized carbons (Fsp3) is 0.250. The Morgan fingerprint density at radius 2 is 1.50 bits per heavy atom. The minimum Gasteiger partial charge on any atom is -0.508 e. The number of benzene rings is 2. The summed E-state index contributed by atoms with van der Waals surface area (Å²) in [6.07, 6.45) is 0.0524. The third-order valence-corrected chi connectivity index (χ3v) is 2.99. The molecule has 2 aromatic carbocycles. The van der Waals surface area contributed by atoms with Gasteiger partial charge in [0.15, 0.2) is 0 Å². The van der Waals surface area contributed by atoms with Gasteiger partial charge >= 0.3 is 0 Å². The predicted octanol–water partition coefficient (Wildman–Crippen LogP) is 3.29. The highest BCUT2D eigenvalue weighted by molar-refractivity contribution is 5.32. The van der Waals surface area contributed by atoms with Gasteiger partial charge in [-0.3, -0.25) is 0 Å². The SMILES string of the molecule is Cc1cc(C)cc(C(O)Cc2ccc(O)cc2)c1. The van der Waals surface area contributed by atoms with Gasteiger partial charge in [0, 0.05) is 6.42 Å². The van der Waals surface area contributed by atoms with Gasteiger partial charge in [-0.2, -0.15) is 0 Å². The summed E-state index contributed by atoms with van der Waals surface area (Å²) >= 11 is 0. The Morgan fingerprint density at radius 1 is 0.944 bits per heavy atom. The van der Waals surface area contributed by atoms with E-state index in [9.17, 15) is 10.2 Å². The molecule has 0 aliphatic carbocycles. The monoisotopic (exact) mass is 242 g/mol. The molecule has 2 heteroatoms. The van der Waals surface area contributed by atoms with Crippen LogP contribution in [0.4, 0.5) is 0 Å². The molecular formula is C16H18O2. The molecule has 0 aromatic heterocycles. The van der Waals surface area contributed by atoms with E-state index in [-0.39, 0.29) is 5.75 Å². The van der Waals surface area contributed by atoms with E-state index in [1.807, 2.05) is 38.1 Å². The van der Waals surface area contributed by atoms with Crippen molar-refractivity contribution in [3.05, 3.63) is 64.7 Å². The van der Waals surface area contributed by atoms with Crippen LogP contribution in [0.15, 0.2) is 42.5 Å². The molecule has 0 fully saturated rings. The van der Waals surface area contributed by atoms with Gasteiger partial charge in [0.05, 0.1) is 6.10 Å². The molecule has 0 amide bonds. The Labute approximate surface area is 108 Å². The Morgan fingerprint density at radius 3 is 2.06 bits per heavy atom. The number of phenolic OH excluding ortho intramolecular Hbond substituents is 1. The highest BCUT2D eigenvalue weighted by atomic mass is 16.3. The molecule has 0 aliphatic heterocycles. The van der Waals surface area contributed by atoms with E-state index < -0.39 is 6.10 Å². The summed E-state index contributed by atoms with van der Waals surface area (Å²) in [5.41, 5.74) is 4.28. The topological polar surface area (TPSA) is 40.5 Å².